The Morgan fingerprint density at radius 3 is 2.44 bits per heavy atom. The highest BCUT2D eigenvalue weighted by molar-refractivity contribution is 7.91. The Labute approximate surface area is 200 Å². The Kier molecular flexibility index (Phi) is 7.80. The molecular formula is C26H29N3O4S. The molecule has 1 aliphatic rings. The molecule has 8 heteroatoms. The van der Waals surface area contributed by atoms with Gasteiger partial charge in [0.1, 0.15) is 5.75 Å². The summed E-state index contributed by atoms with van der Waals surface area (Å²) >= 11 is 0. The molecule has 34 heavy (non-hydrogen) atoms. The minimum atomic E-state index is -3.72. The zero-order chi connectivity index (χ0) is 23.8. The molecule has 0 saturated heterocycles. The number of nitrogens with zero attached hydrogens (tertiary/aromatic N) is 1. The molecule has 1 aliphatic carbocycles. The van der Waals surface area contributed by atoms with E-state index < -0.39 is 10.0 Å². The lowest BCUT2D eigenvalue weighted by molar-refractivity contribution is 0.102. The van der Waals surface area contributed by atoms with Crippen molar-refractivity contribution < 1.29 is 17.9 Å². The smallest absolute Gasteiger partial charge is 0.255 e. The number of hydrogen-bond acceptors (Lipinski definition) is 5. The van der Waals surface area contributed by atoms with E-state index in [4.69, 9.17) is 4.74 Å². The Hall–Kier alpha value is -3.39. The van der Waals surface area contributed by atoms with Gasteiger partial charge in [-0.2, -0.15) is 0 Å². The first-order valence-corrected chi connectivity index (χ1v) is 13.2. The van der Waals surface area contributed by atoms with Crippen molar-refractivity contribution in [2.24, 2.45) is 5.92 Å². The van der Waals surface area contributed by atoms with Crippen LogP contribution < -0.4 is 14.8 Å². The highest BCUT2D eigenvalue weighted by Gasteiger charge is 2.19. The van der Waals surface area contributed by atoms with Gasteiger partial charge in [0.25, 0.3) is 5.91 Å². The zero-order valence-corrected chi connectivity index (χ0v) is 19.8. The number of nitrogens with one attached hydrogen (secondary N) is 2. The second-order valence-electron chi connectivity index (χ2n) is 8.56. The topological polar surface area (TPSA) is 97.4 Å². The number of benzene rings is 2. The van der Waals surface area contributed by atoms with Gasteiger partial charge in [-0.25, -0.2) is 8.42 Å². The fourth-order valence-electron chi connectivity index (χ4n) is 4.07. The Bertz CT molecular complexity index is 1200. The maximum Gasteiger partial charge on any atom is 0.255 e. The first kappa shape index (κ1) is 23.8. The van der Waals surface area contributed by atoms with E-state index in [2.05, 4.69) is 15.0 Å². The molecule has 2 aromatic carbocycles. The predicted octanol–water partition coefficient (Wildman–Crippen LogP) is 5.23. The molecule has 0 spiro atoms. The molecular weight excluding hydrogens is 450 g/mol. The number of aromatic nitrogens is 1. The van der Waals surface area contributed by atoms with Crippen molar-refractivity contribution >= 4 is 27.3 Å². The van der Waals surface area contributed by atoms with Crippen LogP contribution in [0.4, 0.5) is 11.4 Å². The van der Waals surface area contributed by atoms with Crippen molar-refractivity contribution in [1.82, 2.24) is 4.98 Å². The van der Waals surface area contributed by atoms with Gasteiger partial charge in [0, 0.05) is 23.6 Å². The molecule has 1 saturated carbocycles. The lowest BCUT2D eigenvalue weighted by Gasteiger charge is -2.23. The van der Waals surface area contributed by atoms with Crippen LogP contribution in [-0.4, -0.2) is 25.9 Å². The van der Waals surface area contributed by atoms with Crippen LogP contribution in [0.5, 0.6) is 5.75 Å². The summed E-state index contributed by atoms with van der Waals surface area (Å²) < 4.78 is 34.5. The first-order chi connectivity index (χ1) is 16.5. The molecule has 4 rings (SSSR count). The number of amides is 1. The second kappa shape index (κ2) is 11.2. The quantitative estimate of drug-likeness (QED) is 0.438. The maximum absolute atomic E-state index is 12.9. The third-order valence-electron chi connectivity index (χ3n) is 5.84. The molecule has 1 amide bonds. The van der Waals surface area contributed by atoms with Gasteiger partial charge in [0.05, 0.1) is 18.0 Å². The fraction of sp³-hybridized carbons (Fsp3) is 0.308. The number of pyridine rings is 1. The van der Waals surface area contributed by atoms with E-state index in [0.29, 0.717) is 35.1 Å². The number of rotatable bonds is 9. The monoisotopic (exact) mass is 479 g/mol. The second-order valence-corrected chi connectivity index (χ2v) is 10.3. The summed E-state index contributed by atoms with van der Waals surface area (Å²) in [6, 6.07) is 17.2. The van der Waals surface area contributed by atoms with Gasteiger partial charge in [0.15, 0.2) is 0 Å². The number of carbonyl (C=O) groups is 1. The van der Waals surface area contributed by atoms with Crippen LogP contribution in [0.15, 0.2) is 73.1 Å². The lowest BCUT2D eigenvalue weighted by atomic mass is 9.90. The van der Waals surface area contributed by atoms with Crippen LogP contribution in [0.2, 0.25) is 0 Å². The number of ether oxygens (including phenoxy) is 1. The van der Waals surface area contributed by atoms with Gasteiger partial charge < -0.3 is 10.1 Å². The predicted molar refractivity (Wildman–Crippen MR) is 133 cm³/mol. The zero-order valence-electron chi connectivity index (χ0n) is 18.9. The van der Waals surface area contributed by atoms with Crippen molar-refractivity contribution in [3.05, 3.63) is 84.2 Å². The molecule has 7 nitrogen and oxygen atoms in total. The van der Waals surface area contributed by atoms with E-state index in [1.54, 1.807) is 60.9 Å². The standard InChI is InChI=1S/C26H29N3O4S/c30-26(28-23-13-15-27-16-14-23)22-11-12-25(33-18-20-7-3-1-4-8-20)24(17-22)29-34(31,32)19-21-9-5-2-6-10-21/h2,5-6,9-17,20,29H,1,3-4,7-8,18-19H2,(H,27,28,30). The Balaban J connectivity index is 1.55. The van der Waals surface area contributed by atoms with Gasteiger partial charge in [-0.3, -0.25) is 14.5 Å². The van der Waals surface area contributed by atoms with Crippen molar-refractivity contribution in [1.29, 1.82) is 0 Å². The third-order valence-corrected chi connectivity index (χ3v) is 7.09. The number of anilines is 2. The summed E-state index contributed by atoms with van der Waals surface area (Å²) in [5, 5.41) is 2.79. The molecule has 1 heterocycles. The normalized spacial score (nSPS) is 14.4. The SMILES string of the molecule is O=C(Nc1ccncc1)c1ccc(OCC2CCCCC2)c(NS(=O)(=O)Cc2ccccc2)c1. The molecule has 3 aromatic rings. The molecule has 2 N–H and O–H groups in total. The summed E-state index contributed by atoms with van der Waals surface area (Å²) in [5.74, 6) is 0.344. The van der Waals surface area contributed by atoms with E-state index in [-0.39, 0.29) is 17.3 Å². The van der Waals surface area contributed by atoms with Crippen LogP contribution in [0.1, 0.15) is 48.0 Å². The highest BCUT2D eigenvalue weighted by Crippen LogP contribution is 2.30. The number of hydrogen-bond donors (Lipinski definition) is 2. The first-order valence-electron chi connectivity index (χ1n) is 11.5. The third kappa shape index (κ3) is 6.81. The van der Waals surface area contributed by atoms with Crippen molar-refractivity contribution in [2.45, 2.75) is 37.9 Å². The molecule has 178 valence electrons. The van der Waals surface area contributed by atoms with E-state index in [9.17, 15) is 13.2 Å². The van der Waals surface area contributed by atoms with E-state index in [1.807, 2.05) is 6.07 Å². The largest absolute Gasteiger partial charge is 0.491 e. The van der Waals surface area contributed by atoms with Crippen molar-refractivity contribution in [3.8, 4) is 5.75 Å². The van der Waals surface area contributed by atoms with Crippen LogP contribution in [0, 0.1) is 5.92 Å². The summed E-state index contributed by atoms with van der Waals surface area (Å²) in [5.41, 5.74) is 1.85. The average Bonchev–Trinajstić information content (AvgIpc) is 2.84. The molecule has 1 fully saturated rings. The Morgan fingerprint density at radius 1 is 0.971 bits per heavy atom. The van der Waals surface area contributed by atoms with E-state index in [0.717, 1.165) is 12.8 Å². The molecule has 0 unspecified atom stereocenters. The molecule has 1 aromatic heterocycles. The van der Waals surface area contributed by atoms with Crippen LogP contribution in [-0.2, 0) is 15.8 Å². The lowest BCUT2D eigenvalue weighted by Crippen LogP contribution is -2.19. The minimum absolute atomic E-state index is 0.177. The average molecular weight is 480 g/mol. The molecule has 0 aliphatic heterocycles. The van der Waals surface area contributed by atoms with Crippen LogP contribution >= 0.6 is 0 Å². The summed E-state index contributed by atoms with van der Waals surface area (Å²) in [6.07, 6.45) is 9.03. The number of carbonyl (C=O) groups excluding carboxylic acids is 1. The molecule has 0 radical (unpaired) electrons. The highest BCUT2D eigenvalue weighted by atomic mass is 32.2. The van der Waals surface area contributed by atoms with Crippen LogP contribution in [0.3, 0.4) is 0 Å². The van der Waals surface area contributed by atoms with Crippen molar-refractivity contribution in [3.63, 3.8) is 0 Å². The van der Waals surface area contributed by atoms with Gasteiger partial charge in [-0.15, -0.1) is 0 Å². The summed E-state index contributed by atoms with van der Waals surface area (Å²) in [4.78, 5) is 16.7. The van der Waals surface area contributed by atoms with E-state index in [1.165, 1.54) is 25.3 Å². The Morgan fingerprint density at radius 2 is 1.71 bits per heavy atom. The van der Waals surface area contributed by atoms with Gasteiger partial charge in [-0.05, 0) is 54.7 Å². The minimum Gasteiger partial charge on any atom is -0.491 e. The molecule has 0 atom stereocenters. The maximum atomic E-state index is 12.9. The molecule has 0 bridgehead atoms. The van der Waals surface area contributed by atoms with Crippen molar-refractivity contribution in [2.75, 3.05) is 16.6 Å². The van der Waals surface area contributed by atoms with Crippen LogP contribution in [0.25, 0.3) is 0 Å². The van der Waals surface area contributed by atoms with Gasteiger partial charge in [0.2, 0.25) is 10.0 Å². The number of sulfonamides is 1. The fourth-order valence-corrected chi connectivity index (χ4v) is 5.27. The van der Waals surface area contributed by atoms with Gasteiger partial charge in [-0.1, -0.05) is 49.6 Å². The van der Waals surface area contributed by atoms with E-state index >= 15 is 0 Å². The van der Waals surface area contributed by atoms with Gasteiger partial charge >= 0.3 is 0 Å². The summed E-state index contributed by atoms with van der Waals surface area (Å²) in [6.45, 7) is 0.524. The summed E-state index contributed by atoms with van der Waals surface area (Å²) in [7, 11) is -3.72.